The van der Waals surface area contributed by atoms with Crippen LogP contribution in [-0.2, 0) is 0 Å². The minimum Gasteiger partial charge on any atom is -0.327 e. The molecule has 3 fully saturated rings. The molecule has 2 heteroatoms. The minimum atomic E-state index is 0. The monoisotopic (exact) mass is 215 g/mol. The van der Waals surface area contributed by atoms with E-state index in [9.17, 15) is 0 Å². The Bertz CT molecular complexity index is 226. The first-order valence-corrected chi connectivity index (χ1v) is 5.98. The van der Waals surface area contributed by atoms with Crippen molar-refractivity contribution in [2.45, 2.75) is 51.5 Å². The van der Waals surface area contributed by atoms with E-state index in [4.69, 9.17) is 5.73 Å². The van der Waals surface area contributed by atoms with Crippen LogP contribution in [0.4, 0.5) is 0 Å². The molecule has 2 N–H and O–H groups in total. The Morgan fingerprint density at radius 3 is 2.50 bits per heavy atom. The van der Waals surface area contributed by atoms with Gasteiger partial charge in [0.2, 0.25) is 0 Å². The third-order valence-corrected chi connectivity index (χ3v) is 5.29. The molecule has 0 unspecified atom stereocenters. The summed E-state index contributed by atoms with van der Waals surface area (Å²) in [5, 5.41) is 0. The zero-order valence-corrected chi connectivity index (χ0v) is 9.85. The molecule has 0 aromatic rings. The Kier molecular flexibility index (Phi) is 2.60. The van der Waals surface area contributed by atoms with Crippen LogP contribution in [-0.4, -0.2) is 6.04 Å². The van der Waals surface area contributed by atoms with Crippen LogP contribution in [0.25, 0.3) is 0 Å². The van der Waals surface area contributed by atoms with Gasteiger partial charge in [-0.3, -0.25) is 0 Å². The number of hydrogen-bond donors (Lipinski definition) is 1. The summed E-state index contributed by atoms with van der Waals surface area (Å²) in [4.78, 5) is 0. The van der Waals surface area contributed by atoms with Crippen LogP contribution in [0.2, 0.25) is 0 Å². The minimum absolute atomic E-state index is 0. The molecule has 0 radical (unpaired) electrons. The number of hydrogen-bond acceptors (Lipinski definition) is 1. The summed E-state index contributed by atoms with van der Waals surface area (Å²) in [5.41, 5.74) is 7.04. The average Bonchev–Trinajstić information content (AvgIpc) is 2.73. The van der Waals surface area contributed by atoms with Gasteiger partial charge in [-0.05, 0) is 55.3 Å². The largest absolute Gasteiger partial charge is 0.327 e. The van der Waals surface area contributed by atoms with Crippen molar-refractivity contribution < 1.29 is 0 Å². The molecule has 0 saturated heterocycles. The lowest BCUT2D eigenvalue weighted by molar-refractivity contribution is 0.134. The van der Waals surface area contributed by atoms with E-state index < -0.39 is 0 Å². The molecular weight excluding hydrogens is 194 g/mol. The number of fused-ring (bicyclic) bond motifs is 3. The molecular formula is C12H22ClN. The number of nitrogens with two attached hydrogens (primary N) is 1. The van der Waals surface area contributed by atoms with E-state index in [0.29, 0.717) is 11.5 Å². The maximum absolute atomic E-state index is 6.42. The number of rotatable bonds is 0. The maximum Gasteiger partial charge on any atom is 0.0127 e. The molecule has 1 nitrogen and oxygen atoms in total. The second-order valence-corrected chi connectivity index (χ2v) is 5.88. The molecule has 14 heavy (non-hydrogen) atoms. The molecule has 1 spiro atoms. The SMILES string of the molecule is C[C@@H]1CC[C@]2(C1)[C@H]1CC[C@H](C1)[C@H]2N.Cl. The topological polar surface area (TPSA) is 26.0 Å². The van der Waals surface area contributed by atoms with E-state index in [1.807, 2.05) is 0 Å². The molecule has 3 rings (SSSR count). The fourth-order valence-corrected chi connectivity index (χ4v) is 4.65. The van der Waals surface area contributed by atoms with Crippen LogP contribution in [0, 0.1) is 23.2 Å². The summed E-state index contributed by atoms with van der Waals surface area (Å²) in [6.07, 6.45) is 8.71. The van der Waals surface area contributed by atoms with E-state index in [1.54, 1.807) is 0 Å². The van der Waals surface area contributed by atoms with Crippen LogP contribution in [0.1, 0.15) is 45.4 Å². The van der Waals surface area contributed by atoms with E-state index in [2.05, 4.69) is 6.92 Å². The van der Waals surface area contributed by atoms with Crippen molar-refractivity contribution in [3.05, 3.63) is 0 Å². The van der Waals surface area contributed by atoms with Crippen molar-refractivity contribution in [3.63, 3.8) is 0 Å². The van der Waals surface area contributed by atoms with Gasteiger partial charge in [0.15, 0.2) is 0 Å². The summed E-state index contributed by atoms with van der Waals surface area (Å²) in [5.74, 6) is 2.86. The van der Waals surface area contributed by atoms with E-state index in [-0.39, 0.29) is 12.4 Å². The Morgan fingerprint density at radius 2 is 2.00 bits per heavy atom. The van der Waals surface area contributed by atoms with Gasteiger partial charge in [0, 0.05) is 6.04 Å². The lowest BCUT2D eigenvalue weighted by atomic mass is 9.68. The quantitative estimate of drug-likeness (QED) is 0.661. The normalized spacial score (nSPS) is 55.3. The van der Waals surface area contributed by atoms with E-state index in [0.717, 1.165) is 17.8 Å². The average molecular weight is 216 g/mol. The predicted molar refractivity (Wildman–Crippen MR) is 61.5 cm³/mol. The third-order valence-electron chi connectivity index (χ3n) is 5.29. The van der Waals surface area contributed by atoms with Crippen molar-refractivity contribution in [2.24, 2.45) is 28.9 Å². The highest BCUT2D eigenvalue weighted by atomic mass is 35.5. The Labute approximate surface area is 93.2 Å². The Morgan fingerprint density at radius 1 is 1.21 bits per heavy atom. The first kappa shape index (κ1) is 10.8. The van der Waals surface area contributed by atoms with Gasteiger partial charge in [-0.15, -0.1) is 12.4 Å². The highest BCUT2D eigenvalue weighted by Crippen LogP contribution is 2.62. The van der Waals surface area contributed by atoms with Gasteiger partial charge in [0.1, 0.15) is 0 Å². The first-order chi connectivity index (χ1) is 6.22. The van der Waals surface area contributed by atoms with Crippen molar-refractivity contribution in [3.8, 4) is 0 Å². The fraction of sp³-hybridized carbons (Fsp3) is 1.00. The summed E-state index contributed by atoms with van der Waals surface area (Å²) in [6.45, 7) is 2.41. The van der Waals surface area contributed by atoms with Gasteiger partial charge in [0.05, 0.1) is 0 Å². The molecule has 3 aliphatic carbocycles. The van der Waals surface area contributed by atoms with Gasteiger partial charge >= 0.3 is 0 Å². The van der Waals surface area contributed by atoms with Crippen molar-refractivity contribution in [1.29, 1.82) is 0 Å². The molecule has 0 aromatic carbocycles. The lowest BCUT2D eigenvalue weighted by Crippen LogP contribution is -2.44. The second-order valence-electron chi connectivity index (χ2n) is 5.88. The smallest absolute Gasteiger partial charge is 0.0127 e. The van der Waals surface area contributed by atoms with Gasteiger partial charge < -0.3 is 5.73 Å². The highest BCUT2D eigenvalue weighted by molar-refractivity contribution is 5.85. The molecule has 5 atom stereocenters. The number of halogens is 1. The van der Waals surface area contributed by atoms with Crippen LogP contribution in [0.3, 0.4) is 0 Å². The summed E-state index contributed by atoms with van der Waals surface area (Å²) < 4.78 is 0. The second kappa shape index (κ2) is 3.38. The van der Waals surface area contributed by atoms with Crippen LogP contribution in [0.15, 0.2) is 0 Å². The molecule has 0 heterocycles. The first-order valence-electron chi connectivity index (χ1n) is 5.98. The molecule has 0 aliphatic heterocycles. The molecule has 82 valence electrons. The lowest BCUT2D eigenvalue weighted by Gasteiger charge is -2.39. The van der Waals surface area contributed by atoms with E-state index >= 15 is 0 Å². The van der Waals surface area contributed by atoms with Crippen molar-refractivity contribution >= 4 is 12.4 Å². The molecule has 0 aromatic heterocycles. The van der Waals surface area contributed by atoms with Gasteiger partial charge in [-0.1, -0.05) is 13.3 Å². The van der Waals surface area contributed by atoms with Gasteiger partial charge in [-0.25, -0.2) is 0 Å². The molecule has 3 aliphatic rings. The van der Waals surface area contributed by atoms with E-state index in [1.165, 1.54) is 38.5 Å². The summed E-state index contributed by atoms with van der Waals surface area (Å²) >= 11 is 0. The van der Waals surface area contributed by atoms with Crippen LogP contribution < -0.4 is 5.73 Å². The molecule has 3 saturated carbocycles. The Hall–Kier alpha value is 0.250. The van der Waals surface area contributed by atoms with Crippen molar-refractivity contribution in [1.82, 2.24) is 0 Å². The Balaban J connectivity index is 0.000000750. The molecule has 0 amide bonds. The highest BCUT2D eigenvalue weighted by Gasteiger charge is 2.58. The third kappa shape index (κ3) is 1.18. The fourth-order valence-electron chi connectivity index (χ4n) is 4.65. The van der Waals surface area contributed by atoms with Gasteiger partial charge in [-0.2, -0.15) is 0 Å². The van der Waals surface area contributed by atoms with Crippen molar-refractivity contribution in [2.75, 3.05) is 0 Å². The standard InChI is InChI=1S/C12H21N.ClH/c1-8-4-5-12(7-8)10-3-2-9(6-10)11(12)13;/h8-11H,2-7,13H2,1H3;1H/t8-,9-,10+,11-,12+;/m1./s1. The van der Waals surface area contributed by atoms with Crippen LogP contribution in [0.5, 0.6) is 0 Å². The van der Waals surface area contributed by atoms with Gasteiger partial charge in [0.25, 0.3) is 0 Å². The van der Waals surface area contributed by atoms with Crippen LogP contribution >= 0.6 is 12.4 Å². The summed E-state index contributed by atoms with van der Waals surface area (Å²) in [7, 11) is 0. The zero-order chi connectivity index (χ0) is 9.05. The molecule has 2 bridgehead atoms. The maximum atomic E-state index is 6.42. The zero-order valence-electron chi connectivity index (χ0n) is 9.04. The summed E-state index contributed by atoms with van der Waals surface area (Å²) in [6, 6.07) is 0.566. The predicted octanol–water partition coefficient (Wildman–Crippen LogP) is 2.97.